The van der Waals surface area contributed by atoms with E-state index in [0.29, 0.717) is 18.2 Å². The van der Waals surface area contributed by atoms with Crippen LogP contribution in [0.1, 0.15) is 11.4 Å². The topological polar surface area (TPSA) is 90.1 Å². The predicted molar refractivity (Wildman–Crippen MR) is 55.6 cm³/mol. The molecule has 7 heteroatoms. The first-order chi connectivity index (χ1) is 7.10. The molecular weight excluding hydrogens is 216 g/mol. The zero-order valence-electron chi connectivity index (χ0n) is 8.32. The molecule has 1 aromatic heterocycles. The Morgan fingerprint density at radius 2 is 2.47 bits per heavy atom. The quantitative estimate of drug-likeness (QED) is 0.738. The fourth-order valence-corrected chi connectivity index (χ4v) is 1.92. The molecule has 2 heterocycles. The van der Waals surface area contributed by atoms with E-state index in [1.807, 2.05) is 6.92 Å². The number of aryl methyl sites for hydroxylation is 1. The number of hydrogen-bond donors (Lipinski definition) is 2. The zero-order valence-corrected chi connectivity index (χ0v) is 9.13. The Hall–Kier alpha value is -1.05. The fourth-order valence-electron chi connectivity index (χ4n) is 1.33. The Morgan fingerprint density at radius 3 is 3.00 bits per heavy atom. The molecule has 1 saturated heterocycles. The van der Waals surface area contributed by atoms with Crippen LogP contribution < -0.4 is 11.1 Å². The lowest BCUT2D eigenvalue weighted by atomic mass is 10.00. The Morgan fingerprint density at radius 1 is 1.67 bits per heavy atom. The molecule has 6 nitrogen and oxygen atoms in total. The SMILES string of the molecule is Cc1nnc(NC(=O)C2(N)CCOC2)s1. The van der Waals surface area contributed by atoms with Crippen LogP contribution in [-0.4, -0.2) is 34.9 Å². The van der Waals surface area contributed by atoms with Gasteiger partial charge in [-0.3, -0.25) is 10.1 Å². The van der Waals surface area contributed by atoms with Gasteiger partial charge in [0.1, 0.15) is 10.5 Å². The van der Waals surface area contributed by atoms with E-state index in [4.69, 9.17) is 10.5 Å². The molecule has 1 aromatic rings. The largest absolute Gasteiger partial charge is 0.379 e. The van der Waals surface area contributed by atoms with Gasteiger partial charge in [-0.2, -0.15) is 0 Å². The summed E-state index contributed by atoms with van der Waals surface area (Å²) in [5.74, 6) is -0.254. The van der Waals surface area contributed by atoms with E-state index in [2.05, 4.69) is 15.5 Å². The molecule has 0 aromatic carbocycles. The molecule has 0 saturated carbocycles. The second-order valence-corrected chi connectivity index (χ2v) is 4.72. The molecular formula is C8H12N4O2S. The maximum atomic E-state index is 11.8. The molecule has 0 spiro atoms. The van der Waals surface area contributed by atoms with Gasteiger partial charge >= 0.3 is 0 Å². The van der Waals surface area contributed by atoms with Crippen molar-refractivity contribution in [3.63, 3.8) is 0 Å². The number of nitrogens with two attached hydrogens (primary N) is 1. The first kappa shape index (κ1) is 10.5. The number of rotatable bonds is 2. The van der Waals surface area contributed by atoms with Crippen molar-refractivity contribution < 1.29 is 9.53 Å². The van der Waals surface area contributed by atoms with E-state index in [0.717, 1.165) is 5.01 Å². The van der Waals surface area contributed by atoms with Crippen molar-refractivity contribution in [3.8, 4) is 0 Å². The number of nitrogens with zero attached hydrogens (tertiary/aromatic N) is 2. The van der Waals surface area contributed by atoms with Crippen LogP contribution in [0.2, 0.25) is 0 Å². The molecule has 1 atom stereocenters. The Balaban J connectivity index is 2.03. The number of hydrogen-bond acceptors (Lipinski definition) is 6. The smallest absolute Gasteiger partial charge is 0.248 e. The molecule has 1 fully saturated rings. The van der Waals surface area contributed by atoms with Crippen molar-refractivity contribution in [3.05, 3.63) is 5.01 Å². The standard InChI is InChI=1S/C8H12N4O2S/c1-5-11-12-7(15-5)10-6(13)8(9)2-3-14-4-8/h2-4,9H2,1H3,(H,10,12,13). The van der Waals surface area contributed by atoms with Crippen LogP contribution in [0.25, 0.3) is 0 Å². The summed E-state index contributed by atoms with van der Waals surface area (Å²) in [6.45, 7) is 2.61. The summed E-state index contributed by atoms with van der Waals surface area (Å²) < 4.78 is 5.11. The first-order valence-corrected chi connectivity index (χ1v) is 5.40. The van der Waals surface area contributed by atoms with Gasteiger partial charge in [0.15, 0.2) is 0 Å². The van der Waals surface area contributed by atoms with Crippen LogP contribution in [0.4, 0.5) is 5.13 Å². The zero-order chi connectivity index (χ0) is 10.9. The highest BCUT2D eigenvalue weighted by molar-refractivity contribution is 7.15. The highest BCUT2D eigenvalue weighted by Gasteiger charge is 2.38. The van der Waals surface area contributed by atoms with Crippen molar-refractivity contribution in [2.24, 2.45) is 5.73 Å². The van der Waals surface area contributed by atoms with Crippen molar-refractivity contribution in [1.29, 1.82) is 0 Å². The van der Waals surface area contributed by atoms with E-state index >= 15 is 0 Å². The van der Waals surface area contributed by atoms with E-state index in [-0.39, 0.29) is 12.5 Å². The third-order valence-electron chi connectivity index (χ3n) is 2.25. The summed E-state index contributed by atoms with van der Waals surface area (Å²) in [5.41, 5.74) is 4.96. The average Bonchev–Trinajstić information content (AvgIpc) is 2.76. The minimum atomic E-state index is -0.917. The molecule has 82 valence electrons. The van der Waals surface area contributed by atoms with Crippen LogP contribution in [0.15, 0.2) is 0 Å². The Bertz CT molecular complexity index is 372. The van der Waals surface area contributed by atoms with E-state index < -0.39 is 5.54 Å². The molecule has 1 aliphatic rings. The average molecular weight is 228 g/mol. The van der Waals surface area contributed by atoms with Gasteiger partial charge in [-0.15, -0.1) is 10.2 Å². The van der Waals surface area contributed by atoms with E-state index in [1.54, 1.807) is 0 Å². The van der Waals surface area contributed by atoms with Gasteiger partial charge in [-0.1, -0.05) is 11.3 Å². The molecule has 1 amide bonds. The van der Waals surface area contributed by atoms with Gasteiger partial charge in [0.05, 0.1) is 6.61 Å². The summed E-state index contributed by atoms with van der Waals surface area (Å²) in [4.78, 5) is 11.8. The van der Waals surface area contributed by atoms with Crippen molar-refractivity contribution in [1.82, 2.24) is 10.2 Å². The summed E-state index contributed by atoms with van der Waals surface area (Å²) in [5, 5.41) is 11.5. The van der Waals surface area contributed by atoms with E-state index in [9.17, 15) is 4.79 Å². The van der Waals surface area contributed by atoms with E-state index in [1.165, 1.54) is 11.3 Å². The highest BCUT2D eigenvalue weighted by atomic mass is 32.1. The number of carbonyl (C=O) groups is 1. The highest BCUT2D eigenvalue weighted by Crippen LogP contribution is 2.20. The lowest BCUT2D eigenvalue weighted by Crippen LogP contribution is -2.51. The maximum Gasteiger partial charge on any atom is 0.248 e. The molecule has 15 heavy (non-hydrogen) atoms. The lowest BCUT2D eigenvalue weighted by molar-refractivity contribution is -0.121. The molecule has 1 unspecified atom stereocenters. The molecule has 1 aliphatic heterocycles. The normalized spacial score (nSPS) is 25.5. The number of carbonyl (C=O) groups excluding carboxylic acids is 1. The molecule has 2 rings (SSSR count). The summed E-state index contributed by atoms with van der Waals surface area (Å²) >= 11 is 1.32. The number of nitrogens with one attached hydrogen (secondary N) is 1. The van der Waals surface area contributed by atoms with Gasteiger partial charge in [-0.25, -0.2) is 0 Å². The fraction of sp³-hybridized carbons (Fsp3) is 0.625. The first-order valence-electron chi connectivity index (χ1n) is 4.58. The van der Waals surface area contributed by atoms with Gasteiger partial charge in [-0.05, 0) is 13.3 Å². The van der Waals surface area contributed by atoms with Gasteiger partial charge in [0, 0.05) is 6.61 Å². The monoisotopic (exact) mass is 228 g/mol. The van der Waals surface area contributed by atoms with Crippen molar-refractivity contribution in [2.75, 3.05) is 18.5 Å². The molecule has 3 N–H and O–H groups in total. The number of amides is 1. The summed E-state index contributed by atoms with van der Waals surface area (Å²) in [7, 11) is 0. The third-order valence-corrected chi connectivity index (χ3v) is 3.00. The molecule has 0 radical (unpaired) electrons. The van der Waals surface area contributed by atoms with Crippen LogP contribution in [0.5, 0.6) is 0 Å². The molecule has 0 bridgehead atoms. The van der Waals surface area contributed by atoms with Gasteiger partial charge in [0.2, 0.25) is 11.0 Å². The van der Waals surface area contributed by atoms with Gasteiger partial charge < -0.3 is 10.5 Å². The van der Waals surface area contributed by atoms with Crippen molar-refractivity contribution in [2.45, 2.75) is 18.9 Å². The summed E-state index contributed by atoms with van der Waals surface area (Å²) in [6.07, 6.45) is 0.538. The second-order valence-electron chi connectivity index (χ2n) is 3.54. The van der Waals surface area contributed by atoms with Crippen LogP contribution in [-0.2, 0) is 9.53 Å². The second kappa shape index (κ2) is 3.84. The maximum absolute atomic E-state index is 11.8. The van der Waals surface area contributed by atoms with Crippen LogP contribution >= 0.6 is 11.3 Å². The molecule has 0 aliphatic carbocycles. The minimum Gasteiger partial charge on any atom is -0.379 e. The van der Waals surface area contributed by atoms with Gasteiger partial charge in [0.25, 0.3) is 0 Å². The minimum absolute atomic E-state index is 0.254. The predicted octanol–water partition coefficient (Wildman–Crippen LogP) is -0.0972. The number of anilines is 1. The van der Waals surface area contributed by atoms with Crippen molar-refractivity contribution >= 4 is 22.4 Å². The lowest BCUT2D eigenvalue weighted by Gasteiger charge is -2.19. The Labute approximate surface area is 90.8 Å². The summed E-state index contributed by atoms with van der Waals surface area (Å²) in [6, 6.07) is 0. The van der Waals surface area contributed by atoms with Crippen LogP contribution in [0, 0.1) is 6.92 Å². The third kappa shape index (κ3) is 2.14. The van der Waals surface area contributed by atoms with Crippen LogP contribution in [0.3, 0.4) is 0 Å². The Kier molecular flexibility index (Phi) is 2.68. The number of aromatic nitrogens is 2. The number of ether oxygens (including phenoxy) is 1.